The van der Waals surface area contributed by atoms with Crippen molar-refractivity contribution in [1.82, 2.24) is 0 Å². The molecule has 0 fully saturated rings. The van der Waals surface area contributed by atoms with E-state index < -0.39 is 10.0 Å². The molecule has 2 aromatic rings. The molecule has 0 unspecified atom stereocenters. The van der Waals surface area contributed by atoms with Crippen LogP contribution in [0, 0.1) is 0 Å². The molecule has 1 amide bonds. The predicted octanol–water partition coefficient (Wildman–Crippen LogP) is 4.22. The first-order valence-electron chi connectivity index (χ1n) is 9.21. The van der Waals surface area contributed by atoms with Crippen LogP contribution in [0.1, 0.15) is 20.3 Å². The zero-order valence-electron chi connectivity index (χ0n) is 15.8. The highest BCUT2D eigenvalue weighted by atomic mass is 32.2. The Labute approximate surface area is 174 Å². The highest BCUT2D eigenvalue weighted by Crippen LogP contribution is 2.42. The van der Waals surface area contributed by atoms with E-state index in [1.807, 2.05) is 37.3 Å². The second-order valence-electron chi connectivity index (χ2n) is 6.93. The molecule has 0 bridgehead atoms. The molecule has 0 spiro atoms. The van der Waals surface area contributed by atoms with E-state index in [4.69, 9.17) is 0 Å². The average molecular weight is 435 g/mol. The highest BCUT2D eigenvalue weighted by Gasteiger charge is 2.33. The first kappa shape index (κ1) is 19.7. The molecule has 2 aliphatic heterocycles. The third-order valence-electron chi connectivity index (χ3n) is 4.86. The van der Waals surface area contributed by atoms with Crippen LogP contribution in [0.25, 0.3) is 0 Å². The monoisotopic (exact) mass is 434 g/mol. The molecule has 2 aliphatic rings. The number of hydrogen-bond acceptors (Lipinski definition) is 5. The van der Waals surface area contributed by atoms with Gasteiger partial charge in [0.25, 0.3) is 10.0 Å². The topological polar surface area (TPSA) is 57.7 Å². The van der Waals surface area contributed by atoms with Crippen molar-refractivity contribution in [1.29, 1.82) is 0 Å². The number of carbonyl (C=O) groups is 1. The Kier molecular flexibility index (Phi) is 5.37. The summed E-state index contributed by atoms with van der Waals surface area (Å²) >= 11 is 3.36. The van der Waals surface area contributed by atoms with Crippen LogP contribution in [0.4, 0.5) is 11.4 Å². The Morgan fingerprint density at radius 3 is 2.68 bits per heavy atom. The molecule has 1 atom stereocenters. The molecular weight excluding hydrogens is 412 g/mol. The van der Waals surface area contributed by atoms with Crippen LogP contribution in [0.5, 0.6) is 0 Å². The van der Waals surface area contributed by atoms with E-state index in [1.165, 1.54) is 11.2 Å². The first-order chi connectivity index (χ1) is 13.4. The Balaban J connectivity index is 1.80. The van der Waals surface area contributed by atoms with Crippen molar-refractivity contribution >= 4 is 50.8 Å². The number of rotatable bonds is 2. The number of thioether (sulfide) groups is 2. The zero-order chi connectivity index (χ0) is 19.9. The van der Waals surface area contributed by atoms with E-state index in [2.05, 4.69) is 0 Å². The van der Waals surface area contributed by atoms with Gasteiger partial charge >= 0.3 is 0 Å². The normalized spacial score (nSPS) is 19.6. The van der Waals surface area contributed by atoms with Crippen LogP contribution in [0.2, 0.25) is 0 Å². The number of amides is 1. The van der Waals surface area contributed by atoms with Crippen molar-refractivity contribution in [3.05, 3.63) is 42.5 Å². The molecular formula is C20H22N2O3S3. The SMILES string of the molecule is CC(=O)N1CCCSc2ccc(S(=O)(=O)N3C[C@H](C)Sc4ccccc43)cc21. The lowest BCUT2D eigenvalue weighted by atomic mass is 10.2. The fourth-order valence-corrected chi connectivity index (χ4v) is 7.38. The standard InChI is InChI=1S/C20H22N2O3S3/c1-14-13-22(17-6-3-4-7-20(17)27-14)28(24,25)16-8-9-19-18(12-16)21(15(2)23)10-5-11-26-19/h3-4,6-9,12,14H,5,10-11,13H2,1-2H3/t14-/m0/s1. The lowest BCUT2D eigenvalue weighted by molar-refractivity contribution is -0.116. The van der Waals surface area contributed by atoms with Gasteiger partial charge in [0.1, 0.15) is 0 Å². The number of nitrogens with zero attached hydrogens (tertiary/aromatic N) is 2. The number of anilines is 2. The van der Waals surface area contributed by atoms with Crippen LogP contribution in [-0.2, 0) is 14.8 Å². The van der Waals surface area contributed by atoms with Crippen LogP contribution in [0.15, 0.2) is 57.2 Å². The minimum absolute atomic E-state index is 0.0633. The minimum atomic E-state index is -3.73. The van der Waals surface area contributed by atoms with E-state index in [0.717, 1.165) is 27.7 Å². The van der Waals surface area contributed by atoms with Crippen molar-refractivity contribution in [2.45, 2.75) is 40.2 Å². The number of carbonyl (C=O) groups excluding carboxylic acids is 1. The van der Waals surface area contributed by atoms with Crippen LogP contribution in [0.3, 0.4) is 0 Å². The summed E-state index contributed by atoms with van der Waals surface area (Å²) in [4.78, 5) is 16.0. The van der Waals surface area contributed by atoms with E-state index in [0.29, 0.717) is 18.8 Å². The third-order valence-corrected chi connectivity index (χ3v) is 8.93. The number of para-hydroxylation sites is 1. The molecule has 28 heavy (non-hydrogen) atoms. The van der Waals surface area contributed by atoms with Crippen LogP contribution >= 0.6 is 23.5 Å². The molecule has 0 saturated heterocycles. The van der Waals surface area contributed by atoms with E-state index in [1.54, 1.807) is 40.6 Å². The van der Waals surface area contributed by atoms with Gasteiger partial charge in [-0.1, -0.05) is 19.1 Å². The number of benzene rings is 2. The Hall–Kier alpha value is -1.64. The molecule has 148 valence electrons. The minimum Gasteiger partial charge on any atom is -0.311 e. The summed E-state index contributed by atoms with van der Waals surface area (Å²) in [5, 5.41) is 0.162. The lowest BCUT2D eigenvalue weighted by Gasteiger charge is -2.33. The summed E-state index contributed by atoms with van der Waals surface area (Å²) in [5.74, 6) is 0.851. The van der Waals surface area contributed by atoms with Gasteiger partial charge in [0.05, 0.1) is 16.3 Å². The molecule has 4 rings (SSSR count). The van der Waals surface area contributed by atoms with E-state index >= 15 is 0 Å². The van der Waals surface area contributed by atoms with Crippen molar-refractivity contribution in [2.24, 2.45) is 0 Å². The van der Waals surface area contributed by atoms with Gasteiger partial charge in [-0.3, -0.25) is 9.10 Å². The Morgan fingerprint density at radius 1 is 1.11 bits per heavy atom. The maximum Gasteiger partial charge on any atom is 0.264 e. The number of hydrogen-bond donors (Lipinski definition) is 0. The molecule has 0 radical (unpaired) electrons. The summed E-state index contributed by atoms with van der Waals surface area (Å²) in [7, 11) is -3.73. The molecule has 5 nitrogen and oxygen atoms in total. The predicted molar refractivity (Wildman–Crippen MR) is 116 cm³/mol. The fraction of sp³-hybridized carbons (Fsp3) is 0.350. The summed E-state index contributed by atoms with van der Waals surface area (Å²) in [6.45, 7) is 4.60. The first-order valence-corrected chi connectivity index (χ1v) is 12.5. The molecule has 2 heterocycles. The van der Waals surface area contributed by atoms with Gasteiger partial charge in [0, 0.05) is 35.1 Å². The van der Waals surface area contributed by atoms with Crippen molar-refractivity contribution in [2.75, 3.05) is 28.0 Å². The van der Waals surface area contributed by atoms with Crippen LogP contribution in [-0.4, -0.2) is 38.4 Å². The van der Waals surface area contributed by atoms with E-state index in [9.17, 15) is 13.2 Å². The average Bonchev–Trinajstić information content (AvgIpc) is 2.89. The summed E-state index contributed by atoms with van der Waals surface area (Å²) in [5.41, 5.74) is 1.42. The second kappa shape index (κ2) is 7.65. The third kappa shape index (κ3) is 3.53. The smallest absolute Gasteiger partial charge is 0.264 e. The van der Waals surface area contributed by atoms with Gasteiger partial charge in [-0.25, -0.2) is 8.42 Å². The fourth-order valence-electron chi connectivity index (χ4n) is 3.55. The molecule has 0 N–H and O–H groups in total. The summed E-state index contributed by atoms with van der Waals surface area (Å²) < 4.78 is 28.6. The van der Waals surface area contributed by atoms with Gasteiger partial charge in [-0.2, -0.15) is 0 Å². The van der Waals surface area contributed by atoms with Gasteiger partial charge < -0.3 is 4.90 Å². The van der Waals surface area contributed by atoms with Crippen LogP contribution < -0.4 is 9.21 Å². The number of sulfonamides is 1. The molecule has 0 saturated carbocycles. The van der Waals surface area contributed by atoms with Gasteiger partial charge in [0.2, 0.25) is 5.91 Å². The lowest BCUT2D eigenvalue weighted by Crippen LogP contribution is -2.38. The Bertz CT molecular complexity index is 1020. The largest absolute Gasteiger partial charge is 0.311 e. The molecule has 8 heteroatoms. The van der Waals surface area contributed by atoms with Crippen molar-refractivity contribution < 1.29 is 13.2 Å². The molecule has 0 aliphatic carbocycles. The summed E-state index contributed by atoms with van der Waals surface area (Å²) in [6.07, 6.45) is 0.884. The quantitative estimate of drug-likeness (QED) is 0.708. The van der Waals surface area contributed by atoms with Crippen molar-refractivity contribution in [3.8, 4) is 0 Å². The highest BCUT2D eigenvalue weighted by molar-refractivity contribution is 8.00. The van der Waals surface area contributed by atoms with Gasteiger partial charge in [-0.15, -0.1) is 23.5 Å². The van der Waals surface area contributed by atoms with E-state index in [-0.39, 0.29) is 16.1 Å². The molecule has 2 aromatic carbocycles. The maximum atomic E-state index is 13.6. The van der Waals surface area contributed by atoms with Gasteiger partial charge in [0.15, 0.2) is 0 Å². The zero-order valence-corrected chi connectivity index (χ0v) is 18.2. The summed E-state index contributed by atoms with van der Waals surface area (Å²) in [6, 6.07) is 12.8. The number of fused-ring (bicyclic) bond motifs is 2. The maximum absolute atomic E-state index is 13.6. The van der Waals surface area contributed by atoms with Gasteiger partial charge in [-0.05, 0) is 42.5 Å². The Morgan fingerprint density at radius 2 is 1.89 bits per heavy atom. The second-order valence-corrected chi connectivity index (χ2v) is 11.4. The molecule has 0 aromatic heterocycles. The van der Waals surface area contributed by atoms with Crippen molar-refractivity contribution in [3.63, 3.8) is 0 Å².